The number of carbonyl (C=O) groups excluding carboxylic acids is 1. The molecule has 1 amide bonds. The normalized spacial score (nSPS) is 10.3. The number of benzene rings is 2. The molecule has 0 fully saturated rings. The lowest BCUT2D eigenvalue weighted by atomic mass is 10.2. The largest absolute Gasteiger partial charge is 0.399 e. The number of halogens is 1. The van der Waals surface area contributed by atoms with Crippen molar-refractivity contribution in [1.29, 1.82) is 0 Å². The van der Waals surface area contributed by atoms with Gasteiger partial charge in [0.05, 0.1) is 10.8 Å². The van der Waals surface area contributed by atoms with Gasteiger partial charge in [-0.15, -0.1) is 11.8 Å². The molecule has 0 aliphatic carbocycles. The summed E-state index contributed by atoms with van der Waals surface area (Å²) >= 11 is 7.46. The Morgan fingerprint density at radius 3 is 2.75 bits per heavy atom. The SMILES string of the molecule is Cc1ccccc1NC(=O)CSc1ccc(N)cc1Cl. The molecule has 0 saturated heterocycles. The molecule has 0 saturated carbocycles. The Bertz CT molecular complexity index is 631. The topological polar surface area (TPSA) is 55.1 Å². The Morgan fingerprint density at radius 2 is 2.05 bits per heavy atom. The van der Waals surface area contributed by atoms with E-state index in [4.69, 9.17) is 17.3 Å². The maximum absolute atomic E-state index is 11.9. The van der Waals surface area contributed by atoms with Gasteiger partial charge in [-0.3, -0.25) is 4.79 Å². The van der Waals surface area contributed by atoms with E-state index in [9.17, 15) is 4.79 Å². The summed E-state index contributed by atoms with van der Waals surface area (Å²) in [5, 5.41) is 3.45. The average molecular weight is 307 g/mol. The van der Waals surface area contributed by atoms with Crippen LogP contribution in [-0.2, 0) is 4.79 Å². The van der Waals surface area contributed by atoms with E-state index in [-0.39, 0.29) is 5.91 Å². The van der Waals surface area contributed by atoms with Crippen LogP contribution >= 0.6 is 23.4 Å². The van der Waals surface area contributed by atoms with E-state index in [2.05, 4.69) is 5.32 Å². The summed E-state index contributed by atoms with van der Waals surface area (Å²) < 4.78 is 0. The molecule has 0 bridgehead atoms. The maximum atomic E-state index is 11.9. The third-order valence-corrected chi connectivity index (χ3v) is 4.23. The Balaban J connectivity index is 1.94. The number of hydrogen-bond acceptors (Lipinski definition) is 3. The van der Waals surface area contributed by atoms with E-state index in [0.717, 1.165) is 16.1 Å². The van der Waals surface area contributed by atoms with Gasteiger partial charge in [0.25, 0.3) is 0 Å². The zero-order valence-corrected chi connectivity index (χ0v) is 12.6. The number of hydrogen-bond donors (Lipinski definition) is 2. The molecular weight excluding hydrogens is 292 g/mol. The van der Waals surface area contributed by atoms with Crippen LogP contribution in [0, 0.1) is 6.92 Å². The van der Waals surface area contributed by atoms with E-state index in [1.165, 1.54) is 11.8 Å². The van der Waals surface area contributed by atoms with Gasteiger partial charge < -0.3 is 11.1 Å². The summed E-state index contributed by atoms with van der Waals surface area (Å²) in [5.74, 6) is 0.245. The molecule has 104 valence electrons. The Kier molecular flexibility index (Phi) is 4.93. The van der Waals surface area contributed by atoms with Crippen molar-refractivity contribution in [2.24, 2.45) is 0 Å². The standard InChI is InChI=1S/C15H15ClN2OS/c1-10-4-2-3-5-13(10)18-15(19)9-20-14-7-6-11(17)8-12(14)16/h2-8H,9,17H2,1H3,(H,18,19). The minimum absolute atomic E-state index is 0.0582. The number of anilines is 2. The molecule has 2 aromatic rings. The summed E-state index contributed by atoms with van der Waals surface area (Å²) in [5.41, 5.74) is 8.12. The van der Waals surface area contributed by atoms with Gasteiger partial charge in [0.1, 0.15) is 0 Å². The van der Waals surface area contributed by atoms with Crippen LogP contribution in [0.5, 0.6) is 0 Å². The highest BCUT2D eigenvalue weighted by molar-refractivity contribution is 8.00. The van der Waals surface area contributed by atoms with Crippen molar-refractivity contribution >= 4 is 40.6 Å². The highest BCUT2D eigenvalue weighted by Gasteiger charge is 2.07. The monoisotopic (exact) mass is 306 g/mol. The van der Waals surface area contributed by atoms with Crippen molar-refractivity contribution in [3.05, 3.63) is 53.1 Å². The number of aryl methyl sites for hydroxylation is 1. The zero-order chi connectivity index (χ0) is 14.5. The highest BCUT2D eigenvalue weighted by atomic mass is 35.5. The summed E-state index contributed by atoms with van der Waals surface area (Å²) in [6, 6.07) is 13.0. The van der Waals surface area contributed by atoms with Crippen LogP contribution < -0.4 is 11.1 Å². The molecule has 0 aliphatic heterocycles. The lowest BCUT2D eigenvalue weighted by Gasteiger charge is -2.08. The van der Waals surface area contributed by atoms with Crippen LogP contribution in [0.15, 0.2) is 47.4 Å². The van der Waals surface area contributed by atoms with Crippen LogP contribution in [-0.4, -0.2) is 11.7 Å². The first-order valence-electron chi connectivity index (χ1n) is 6.09. The molecular formula is C15H15ClN2OS. The third kappa shape index (κ3) is 3.92. The van der Waals surface area contributed by atoms with Gasteiger partial charge >= 0.3 is 0 Å². The van der Waals surface area contributed by atoms with Gasteiger partial charge in [-0.25, -0.2) is 0 Å². The number of rotatable bonds is 4. The van der Waals surface area contributed by atoms with Gasteiger partial charge in [-0.2, -0.15) is 0 Å². The van der Waals surface area contributed by atoms with Crippen LogP contribution in [0.1, 0.15) is 5.56 Å². The van der Waals surface area contributed by atoms with E-state index >= 15 is 0 Å². The molecule has 0 aliphatic rings. The van der Waals surface area contributed by atoms with Crippen molar-refractivity contribution in [3.63, 3.8) is 0 Å². The van der Waals surface area contributed by atoms with E-state index in [1.54, 1.807) is 12.1 Å². The molecule has 2 rings (SSSR count). The second kappa shape index (κ2) is 6.68. The predicted molar refractivity (Wildman–Crippen MR) is 86.4 cm³/mol. The number of carbonyl (C=O) groups is 1. The number of nitrogen functional groups attached to an aromatic ring is 1. The fourth-order valence-corrected chi connectivity index (χ4v) is 2.75. The van der Waals surface area contributed by atoms with E-state index in [0.29, 0.717) is 16.5 Å². The second-order valence-electron chi connectivity index (χ2n) is 4.34. The van der Waals surface area contributed by atoms with E-state index in [1.807, 2.05) is 37.3 Å². The average Bonchev–Trinajstić information content (AvgIpc) is 2.40. The van der Waals surface area contributed by atoms with Crippen molar-refractivity contribution in [2.75, 3.05) is 16.8 Å². The molecule has 0 heterocycles. The summed E-state index contributed by atoms with van der Waals surface area (Å²) in [4.78, 5) is 12.8. The molecule has 2 aromatic carbocycles. The quantitative estimate of drug-likeness (QED) is 0.664. The summed E-state index contributed by atoms with van der Waals surface area (Å²) in [6.45, 7) is 1.96. The minimum atomic E-state index is -0.0582. The summed E-state index contributed by atoms with van der Waals surface area (Å²) in [7, 11) is 0. The predicted octanol–water partition coefficient (Wildman–Crippen LogP) is 3.96. The molecule has 0 aromatic heterocycles. The highest BCUT2D eigenvalue weighted by Crippen LogP contribution is 2.28. The maximum Gasteiger partial charge on any atom is 0.234 e. The number of nitrogens with one attached hydrogen (secondary N) is 1. The van der Waals surface area contributed by atoms with Crippen LogP contribution in [0.25, 0.3) is 0 Å². The van der Waals surface area contributed by atoms with Gasteiger partial charge in [-0.1, -0.05) is 29.8 Å². The van der Waals surface area contributed by atoms with Crippen LogP contribution in [0.3, 0.4) is 0 Å². The lowest BCUT2D eigenvalue weighted by Crippen LogP contribution is -2.14. The zero-order valence-electron chi connectivity index (χ0n) is 11.0. The second-order valence-corrected chi connectivity index (χ2v) is 5.77. The van der Waals surface area contributed by atoms with E-state index < -0.39 is 0 Å². The molecule has 0 unspecified atom stereocenters. The number of thioether (sulfide) groups is 1. The first-order valence-corrected chi connectivity index (χ1v) is 7.46. The first kappa shape index (κ1) is 14.8. The van der Waals surface area contributed by atoms with Crippen LogP contribution in [0.2, 0.25) is 5.02 Å². The fourth-order valence-electron chi connectivity index (χ4n) is 1.68. The van der Waals surface area contributed by atoms with Gasteiger partial charge in [-0.05, 0) is 36.8 Å². The van der Waals surface area contributed by atoms with Crippen molar-refractivity contribution in [1.82, 2.24) is 0 Å². The number of nitrogens with two attached hydrogens (primary N) is 1. The first-order chi connectivity index (χ1) is 9.56. The van der Waals surface area contributed by atoms with Crippen LogP contribution in [0.4, 0.5) is 11.4 Å². The minimum Gasteiger partial charge on any atom is -0.399 e. The molecule has 0 atom stereocenters. The Morgan fingerprint density at radius 1 is 1.30 bits per heavy atom. The molecule has 0 spiro atoms. The number of amides is 1. The number of para-hydroxylation sites is 1. The van der Waals surface area contributed by atoms with Gasteiger partial charge in [0, 0.05) is 16.3 Å². The molecule has 5 heteroatoms. The molecule has 20 heavy (non-hydrogen) atoms. The van der Waals surface area contributed by atoms with Crippen molar-refractivity contribution in [3.8, 4) is 0 Å². The third-order valence-electron chi connectivity index (χ3n) is 2.73. The van der Waals surface area contributed by atoms with Crippen molar-refractivity contribution < 1.29 is 4.79 Å². The molecule has 3 nitrogen and oxygen atoms in total. The smallest absolute Gasteiger partial charge is 0.234 e. The van der Waals surface area contributed by atoms with Crippen molar-refractivity contribution in [2.45, 2.75) is 11.8 Å². The Hall–Kier alpha value is -1.65. The molecule has 0 radical (unpaired) electrons. The molecule has 3 N–H and O–H groups in total. The fraction of sp³-hybridized carbons (Fsp3) is 0.133. The lowest BCUT2D eigenvalue weighted by molar-refractivity contribution is -0.113. The summed E-state index contributed by atoms with van der Waals surface area (Å²) in [6.07, 6.45) is 0. The Labute approximate surface area is 127 Å². The van der Waals surface area contributed by atoms with Gasteiger partial charge in [0.15, 0.2) is 0 Å². The van der Waals surface area contributed by atoms with Gasteiger partial charge in [0.2, 0.25) is 5.91 Å².